The van der Waals surface area contributed by atoms with Crippen molar-refractivity contribution >= 4 is 12.2 Å². The molecule has 0 atom stereocenters. The maximum absolute atomic E-state index is 11.7. The Morgan fingerprint density at radius 1 is 0.722 bits per heavy atom. The predicted molar refractivity (Wildman–Crippen MR) is 141 cm³/mol. The third kappa shape index (κ3) is 18.9. The lowest BCUT2D eigenvalue weighted by Crippen LogP contribution is -2.34. The molecule has 0 saturated carbocycles. The van der Waals surface area contributed by atoms with Gasteiger partial charge in [-0.15, -0.1) is 0 Å². The van der Waals surface area contributed by atoms with Gasteiger partial charge in [0.05, 0.1) is 13.2 Å². The first-order chi connectivity index (χ1) is 16.9. The summed E-state index contributed by atoms with van der Waals surface area (Å²) in [5.41, 5.74) is 0.244. The van der Waals surface area contributed by atoms with Gasteiger partial charge in [0.2, 0.25) is 0 Å². The Labute approximate surface area is 217 Å². The molecule has 206 valence electrons. The monoisotopic (exact) mass is 509 g/mol. The molecule has 1 aromatic rings. The van der Waals surface area contributed by atoms with Crippen LogP contribution in [0, 0.1) is 0 Å². The number of hydrogen-bond donors (Lipinski definition) is 2. The first kappa shape index (κ1) is 31.7. The zero-order valence-electron chi connectivity index (χ0n) is 23.1. The molecule has 0 bridgehead atoms. The molecular weight excluding hydrogens is 462 g/mol. The lowest BCUT2D eigenvalue weighted by atomic mass is 10.2. The molecule has 0 radical (unpaired) electrons. The Morgan fingerprint density at radius 2 is 1.17 bits per heavy atom. The highest BCUT2D eigenvalue weighted by atomic mass is 16.6. The summed E-state index contributed by atoms with van der Waals surface area (Å²) in [5.74, 6) is 0. The van der Waals surface area contributed by atoms with Crippen molar-refractivity contribution in [2.24, 2.45) is 0 Å². The van der Waals surface area contributed by atoms with Crippen molar-refractivity contribution in [1.29, 1.82) is 0 Å². The molecule has 0 aliphatic heterocycles. The number of alkyl carbamates (subject to hydrolysis) is 2. The van der Waals surface area contributed by atoms with Crippen molar-refractivity contribution in [2.75, 3.05) is 52.6 Å². The van der Waals surface area contributed by atoms with E-state index in [4.69, 9.17) is 18.9 Å². The van der Waals surface area contributed by atoms with E-state index in [9.17, 15) is 9.59 Å². The fourth-order valence-corrected chi connectivity index (χ4v) is 3.06. The van der Waals surface area contributed by atoms with Crippen molar-refractivity contribution < 1.29 is 28.5 Å². The molecule has 2 amide bonds. The van der Waals surface area contributed by atoms with Crippen LogP contribution in [0.25, 0.3) is 0 Å². The standard InChI is InChI=1S/C27H47N3O6/c1-26(2,3)35-24(31)28-14-10-18-33-20-16-30(22-23-12-8-7-9-13-23)17-21-34-19-11-15-29-25(32)36-27(4,5)6/h7-9,12-13H,10-11,14-22H2,1-6H3,(H,28,31)(H,29,32). The van der Waals surface area contributed by atoms with Crippen LogP contribution in [0.4, 0.5) is 9.59 Å². The van der Waals surface area contributed by atoms with Crippen molar-refractivity contribution in [3.05, 3.63) is 35.9 Å². The predicted octanol–water partition coefficient (Wildman–Crippen LogP) is 4.35. The summed E-state index contributed by atoms with van der Waals surface area (Å²) < 4.78 is 22.0. The van der Waals surface area contributed by atoms with Crippen LogP contribution < -0.4 is 10.6 Å². The van der Waals surface area contributed by atoms with Gasteiger partial charge in [0.15, 0.2) is 0 Å². The minimum Gasteiger partial charge on any atom is -0.444 e. The van der Waals surface area contributed by atoms with Crippen LogP contribution in [0.15, 0.2) is 30.3 Å². The molecule has 0 aliphatic carbocycles. The largest absolute Gasteiger partial charge is 0.444 e. The van der Waals surface area contributed by atoms with Crippen LogP contribution >= 0.6 is 0 Å². The quantitative estimate of drug-likeness (QED) is 0.320. The molecule has 0 aliphatic rings. The maximum atomic E-state index is 11.7. The number of amides is 2. The number of carbonyl (C=O) groups is 2. The highest BCUT2D eigenvalue weighted by molar-refractivity contribution is 5.67. The summed E-state index contributed by atoms with van der Waals surface area (Å²) in [5, 5.41) is 5.48. The van der Waals surface area contributed by atoms with E-state index in [2.05, 4.69) is 27.7 Å². The summed E-state index contributed by atoms with van der Waals surface area (Å²) >= 11 is 0. The third-order valence-corrected chi connectivity index (χ3v) is 4.62. The van der Waals surface area contributed by atoms with Gasteiger partial charge in [0.1, 0.15) is 11.2 Å². The fraction of sp³-hybridized carbons (Fsp3) is 0.704. The molecule has 9 nitrogen and oxygen atoms in total. The first-order valence-electron chi connectivity index (χ1n) is 12.8. The van der Waals surface area contributed by atoms with E-state index in [-0.39, 0.29) is 0 Å². The lowest BCUT2D eigenvalue weighted by Gasteiger charge is -2.22. The Hall–Kier alpha value is -2.36. The van der Waals surface area contributed by atoms with Crippen LogP contribution in [0.3, 0.4) is 0 Å². The molecule has 1 rings (SSSR count). The first-order valence-corrected chi connectivity index (χ1v) is 12.8. The average Bonchev–Trinajstić information content (AvgIpc) is 2.75. The lowest BCUT2D eigenvalue weighted by molar-refractivity contribution is 0.0509. The Morgan fingerprint density at radius 3 is 1.58 bits per heavy atom. The maximum Gasteiger partial charge on any atom is 0.407 e. The molecule has 0 saturated heterocycles. The van der Waals surface area contributed by atoms with Gasteiger partial charge in [-0.25, -0.2) is 9.59 Å². The van der Waals surface area contributed by atoms with E-state index in [0.29, 0.717) is 39.5 Å². The highest BCUT2D eigenvalue weighted by Crippen LogP contribution is 2.07. The van der Waals surface area contributed by atoms with Crippen LogP contribution in [0.5, 0.6) is 0 Å². The normalized spacial score (nSPS) is 11.9. The highest BCUT2D eigenvalue weighted by Gasteiger charge is 2.16. The number of carbonyl (C=O) groups excluding carboxylic acids is 2. The topological polar surface area (TPSA) is 98.4 Å². The van der Waals surface area contributed by atoms with E-state index in [1.54, 1.807) is 0 Å². The molecule has 36 heavy (non-hydrogen) atoms. The van der Waals surface area contributed by atoms with E-state index >= 15 is 0 Å². The number of nitrogens with one attached hydrogen (secondary N) is 2. The molecule has 9 heteroatoms. The Kier molecular flexibility index (Phi) is 15.1. The van der Waals surface area contributed by atoms with E-state index in [1.165, 1.54) is 5.56 Å². The zero-order chi connectivity index (χ0) is 26.9. The molecular formula is C27H47N3O6. The van der Waals surface area contributed by atoms with Crippen LogP contribution in [-0.4, -0.2) is 80.9 Å². The van der Waals surface area contributed by atoms with Gasteiger partial charge in [-0.2, -0.15) is 0 Å². The number of nitrogens with zero attached hydrogens (tertiary/aromatic N) is 1. The Balaban J connectivity index is 2.23. The van der Waals surface area contributed by atoms with Crippen LogP contribution in [-0.2, 0) is 25.5 Å². The third-order valence-electron chi connectivity index (χ3n) is 4.62. The molecule has 0 spiro atoms. The van der Waals surface area contributed by atoms with Gasteiger partial charge < -0.3 is 29.6 Å². The number of hydrogen-bond acceptors (Lipinski definition) is 7. The van der Waals surface area contributed by atoms with Crippen molar-refractivity contribution in [3.63, 3.8) is 0 Å². The van der Waals surface area contributed by atoms with Gasteiger partial charge >= 0.3 is 12.2 Å². The SMILES string of the molecule is CC(C)(C)OC(=O)NCCCOCCN(CCOCCCNC(=O)OC(C)(C)C)Cc1ccccc1. The van der Waals surface area contributed by atoms with Gasteiger partial charge in [-0.3, -0.25) is 4.90 Å². The molecule has 1 aromatic carbocycles. The van der Waals surface area contributed by atoms with E-state index in [1.807, 2.05) is 59.7 Å². The zero-order valence-corrected chi connectivity index (χ0v) is 23.1. The molecule has 0 aromatic heterocycles. The molecule has 0 unspecified atom stereocenters. The van der Waals surface area contributed by atoms with Gasteiger partial charge in [0.25, 0.3) is 0 Å². The fourth-order valence-electron chi connectivity index (χ4n) is 3.06. The van der Waals surface area contributed by atoms with Crippen LogP contribution in [0.1, 0.15) is 59.9 Å². The Bertz CT molecular complexity index is 689. The second-order valence-corrected chi connectivity index (χ2v) is 10.6. The van der Waals surface area contributed by atoms with Gasteiger partial charge in [-0.1, -0.05) is 30.3 Å². The number of rotatable bonds is 16. The van der Waals surface area contributed by atoms with E-state index < -0.39 is 23.4 Å². The number of benzene rings is 1. The summed E-state index contributed by atoms with van der Waals surface area (Å²) in [6.07, 6.45) is 0.630. The molecule has 0 heterocycles. The molecule has 2 N–H and O–H groups in total. The smallest absolute Gasteiger partial charge is 0.407 e. The minimum atomic E-state index is -0.497. The summed E-state index contributed by atoms with van der Waals surface area (Å²) in [6, 6.07) is 10.3. The summed E-state index contributed by atoms with van der Waals surface area (Å²) in [7, 11) is 0. The second kappa shape index (κ2) is 17.2. The van der Waals surface area contributed by atoms with Gasteiger partial charge in [-0.05, 0) is 59.9 Å². The summed E-state index contributed by atoms with van der Waals surface area (Å²) in [4.78, 5) is 25.6. The van der Waals surface area contributed by atoms with Crippen LogP contribution in [0.2, 0.25) is 0 Å². The van der Waals surface area contributed by atoms with Crippen molar-refractivity contribution in [2.45, 2.75) is 72.1 Å². The van der Waals surface area contributed by atoms with Crippen molar-refractivity contribution in [1.82, 2.24) is 15.5 Å². The number of ether oxygens (including phenoxy) is 4. The van der Waals surface area contributed by atoms with Crippen molar-refractivity contribution in [3.8, 4) is 0 Å². The second-order valence-electron chi connectivity index (χ2n) is 10.6. The van der Waals surface area contributed by atoms with E-state index in [0.717, 1.165) is 32.5 Å². The van der Waals surface area contributed by atoms with Gasteiger partial charge in [0, 0.05) is 45.9 Å². The summed E-state index contributed by atoms with van der Waals surface area (Å²) in [6.45, 7) is 16.8. The average molecular weight is 510 g/mol. The minimum absolute atomic E-state index is 0.405. The molecule has 0 fully saturated rings.